The molecule has 0 aliphatic heterocycles. The Balaban J connectivity index is 1.55. The number of carbonyl (C=O) groups is 1. The second kappa shape index (κ2) is 6.84. The van der Waals surface area contributed by atoms with Gasteiger partial charge in [-0.3, -0.25) is 4.79 Å². The van der Waals surface area contributed by atoms with Crippen molar-refractivity contribution in [1.29, 1.82) is 0 Å². The van der Waals surface area contributed by atoms with Crippen molar-refractivity contribution in [2.75, 3.05) is 11.9 Å². The molecule has 1 fully saturated rings. The van der Waals surface area contributed by atoms with Crippen LogP contribution in [-0.4, -0.2) is 17.6 Å². The quantitative estimate of drug-likeness (QED) is 0.801. The number of furan rings is 1. The summed E-state index contributed by atoms with van der Waals surface area (Å²) in [5, 5.41) is 11.7. The van der Waals surface area contributed by atoms with E-state index in [0.29, 0.717) is 24.0 Å². The molecule has 4 heteroatoms. The van der Waals surface area contributed by atoms with E-state index in [2.05, 4.69) is 12.2 Å². The predicted molar refractivity (Wildman–Crippen MR) is 90.1 cm³/mol. The van der Waals surface area contributed by atoms with Crippen molar-refractivity contribution in [3.05, 3.63) is 59.6 Å². The van der Waals surface area contributed by atoms with Crippen LogP contribution in [0.5, 0.6) is 0 Å². The van der Waals surface area contributed by atoms with Crippen molar-refractivity contribution < 1.29 is 14.3 Å². The molecule has 0 bridgehead atoms. The first-order valence-corrected chi connectivity index (χ1v) is 7.94. The van der Waals surface area contributed by atoms with Gasteiger partial charge in [-0.1, -0.05) is 19.1 Å². The minimum absolute atomic E-state index is 0.124. The minimum atomic E-state index is -0.197. The minimum Gasteiger partial charge on any atom is -0.461 e. The molecule has 2 aromatic rings. The highest BCUT2D eigenvalue weighted by Gasteiger charge is 2.36. The lowest BCUT2D eigenvalue weighted by Crippen LogP contribution is -2.07. The highest BCUT2D eigenvalue weighted by molar-refractivity contribution is 6.01. The van der Waals surface area contributed by atoms with E-state index < -0.39 is 0 Å². The molecule has 0 spiro atoms. The van der Waals surface area contributed by atoms with E-state index in [1.807, 2.05) is 36.4 Å². The van der Waals surface area contributed by atoms with Gasteiger partial charge in [0.2, 0.25) is 5.91 Å². The maximum absolute atomic E-state index is 11.9. The van der Waals surface area contributed by atoms with Crippen LogP contribution in [0.3, 0.4) is 0 Å². The maximum atomic E-state index is 11.9. The Kier molecular flexibility index (Phi) is 4.63. The zero-order chi connectivity index (χ0) is 16.2. The van der Waals surface area contributed by atoms with E-state index in [0.717, 1.165) is 17.0 Å². The van der Waals surface area contributed by atoms with Gasteiger partial charge in [0, 0.05) is 24.3 Å². The van der Waals surface area contributed by atoms with Gasteiger partial charge in [-0.15, -0.1) is 0 Å². The number of hydrogen-bond donors (Lipinski definition) is 2. The molecule has 0 radical (unpaired) electrons. The average molecular weight is 311 g/mol. The van der Waals surface area contributed by atoms with E-state index in [1.54, 1.807) is 6.08 Å². The molecule has 1 amide bonds. The first kappa shape index (κ1) is 15.6. The van der Waals surface area contributed by atoms with Crippen molar-refractivity contribution >= 4 is 17.7 Å². The van der Waals surface area contributed by atoms with Crippen LogP contribution in [0.2, 0.25) is 0 Å². The second-order valence-corrected chi connectivity index (χ2v) is 6.05. The number of nitrogens with one attached hydrogen (secondary N) is 1. The summed E-state index contributed by atoms with van der Waals surface area (Å²) in [6.45, 7) is 2.33. The third-order valence-electron chi connectivity index (χ3n) is 4.14. The fourth-order valence-corrected chi connectivity index (χ4v) is 2.60. The van der Waals surface area contributed by atoms with E-state index >= 15 is 0 Å². The normalized spacial score (nSPS) is 19.9. The number of benzene rings is 1. The molecular formula is C19H21NO3. The van der Waals surface area contributed by atoms with Crippen LogP contribution < -0.4 is 5.32 Å². The van der Waals surface area contributed by atoms with Gasteiger partial charge in [-0.05, 0) is 54.7 Å². The number of carbonyl (C=O) groups excluding carboxylic acids is 1. The summed E-state index contributed by atoms with van der Waals surface area (Å²) in [6, 6.07) is 11.3. The number of rotatable bonds is 6. The van der Waals surface area contributed by atoms with Gasteiger partial charge < -0.3 is 14.8 Å². The molecule has 0 saturated heterocycles. The van der Waals surface area contributed by atoms with E-state index in [9.17, 15) is 4.79 Å². The Labute approximate surface area is 135 Å². The lowest BCUT2D eigenvalue weighted by molar-refractivity contribution is -0.111. The van der Waals surface area contributed by atoms with Crippen LogP contribution >= 0.6 is 0 Å². The highest BCUT2D eigenvalue weighted by atomic mass is 16.3. The van der Waals surface area contributed by atoms with Crippen molar-refractivity contribution in [3.63, 3.8) is 0 Å². The highest BCUT2D eigenvalue weighted by Crippen LogP contribution is 2.47. The Hall–Kier alpha value is -2.33. The molecule has 1 aromatic heterocycles. The largest absolute Gasteiger partial charge is 0.461 e. The molecule has 1 saturated carbocycles. The van der Waals surface area contributed by atoms with E-state index in [4.69, 9.17) is 9.52 Å². The summed E-state index contributed by atoms with van der Waals surface area (Å²) in [5.41, 5.74) is 1.77. The second-order valence-electron chi connectivity index (χ2n) is 6.05. The molecule has 1 aromatic carbocycles. The number of anilines is 1. The van der Waals surface area contributed by atoms with E-state index in [1.165, 1.54) is 12.5 Å². The molecule has 2 N–H and O–H groups in total. The van der Waals surface area contributed by atoms with Crippen LogP contribution in [-0.2, 0) is 11.2 Å². The van der Waals surface area contributed by atoms with Crippen molar-refractivity contribution in [2.24, 2.45) is 5.92 Å². The summed E-state index contributed by atoms with van der Waals surface area (Å²) < 4.78 is 5.73. The molecule has 23 heavy (non-hydrogen) atoms. The topological polar surface area (TPSA) is 62.5 Å². The zero-order valence-corrected chi connectivity index (χ0v) is 13.2. The van der Waals surface area contributed by atoms with Gasteiger partial charge in [0.05, 0.1) is 0 Å². The van der Waals surface area contributed by atoms with Gasteiger partial charge in [-0.2, -0.15) is 0 Å². The van der Waals surface area contributed by atoms with Crippen molar-refractivity contribution in [1.82, 2.24) is 0 Å². The SMILES string of the molecule is CC1CC1c1ccc(C=CC(=O)Nc2ccc(CCO)cc2)o1. The molecule has 1 aliphatic rings. The summed E-state index contributed by atoms with van der Waals surface area (Å²) in [4.78, 5) is 11.9. The summed E-state index contributed by atoms with van der Waals surface area (Å²) in [6.07, 6.45) is 4.96. The zero-order valence-electron chi connectivity index (χ0n) is 13.2. The van der Waals surface area contributed by atoms with Crippen LogP contribution in [0, 0.1) is 5.92 Å². The third-order valence-corrected chi connectivity index (χ3v) is 4.14. The molecule has 2 unspecified atom stereocenters. The third kappa shape index (κ3) is 4.11. The molecule has 1 heterocycles. The number of aliphatic hydroxyl groups excluding tert-OH is 1. The summed E-state index contributed by atoms with van der Waals surface area (Å²) in [5.74, 6) is 2.76. The van der Waals surface area contributed by atoms with Gasteiger partial charge in [0.25, 0.3) is 0 Å². The monoisotopic (exact) mass is 311 g/mol. The van der Waals surface area contributed by atoms with Crippen molar-refractivity contribution in [3.8, 4) is 0 Å². The fourth-order valence-electron chi connectivity index (χ4n) is 2.60. The standard InChI is InChI=1S/C19H21NO3/c1-13-12-17(13)18-8-6-16(23-18)7-9-19(22)20-15-4-2-14(3-5-15)10-11-21/h2-9,13,17,21H,10-12H2,1H3,(H,20,22). The van der Waals surface area contributed by atoms with Crippen LogP contribution in [0.15, 0.2) is 46.9 Å². The van der Waals surface area contributed by atoms with Gasteiger partial charge in [0.15, 0.2) is 0 Å². The van der Waals surface area contributed by atoms with Crippen LogP contribution in [0.1, 0.15) is 36.3 Å². The molecule has 3 rings (SSSR count). The van der Waals surface area contributed by atoms with Gasteiger partial charge in [0.1, 0.15) is 11.5 Å². The molecule has 1 aliphatic carbocycles. The van der Waals surface area contributed by atoms with Crippen molar-refractivity contribution in [2.45, 2.75) is 25.7 Å². The lowest BCUT2D eigenvalue weighted by Gasteiger charge is -2.03. The molecule has 2 atom stereocenters. The molecule has 120 valence electrons. The molecular weight excluding hydrogens is 290 g/mol. The fraction of sp³-hybridized carbons (Fsp3) is 0.316. The van der Waals surface area contributed by atoms with E-state index in [-0.39, 0.29) is 12.5 Å². The Bertz CT molecular complexity index is 700. The average Bonchev–Trinajstić information content (AvgIpc) is 3.09. The van der Waals surface area contributed by atoms with Crippen LogP contribution in [0.25, 0.3) is 6.08 Å². The smallest absolute Gasteiger partial charge is 0.248 e. The summed E-state index contributed by atoms with van der Waals surface area (Å²) >= 11 is 0. The lowest BCUT2D eigenvalue weighted by atomic mass is 10.1. The van der Waals surface area contributed by atoms with Gasteiger partial charge >= 0.3 is 0 Å². The first-order valence-electron chi connectivity index (χ1n) is 7.94. The number of hydrogen-bond acceptors (Lipinski definition) is 3. The predicted octanol–water partition coefficient (Wildman–Crippen LogP) is 3.59. The first-order chi connectivity index (χ1) is 11.2. The number of amides is 1. The Morgan fingerprint density at radius 3 is 2.70 bits per heavy atom. The summed E-state index contributed by atoms with van der Waals surface area (Å²) in [7, 11) is 0. The molecule has 4 nitrogen and oxygen atoms in total. The number of aliphatic hydroxyl groups is 1. The van der Waals surface area contributed by atoms with Gasteiger partial charge in [-0.25, -0.2) is 0 Å². The Morgan fingerprint density at radius 2 is 2.04 bits per heavy atom. The van der Waals surface area contributed by atoms with Crippen LogP contribution in [0.4, 0.5) is 5.69 Å². The Morgan fingerprint density at radius 1 is 1.30 bits per heavy atom. The maximum Gasteiger partial charge on any atom is 0.248 e.